The Morgan fingerprint density at radius 2 is 1.61 bits per heavy atom. The van der Waals surface area contributed by atoms with E-state index >= 15 is 0 Å². The van der Waals surface area contributed by atoms with Gasteiger partial charge >= 0.3 is 0 Å². The van der Waals surface area contributed by atoms with Crippen LogP contribution in [0.4, 0.5) is 0 Å². The van der Waals surface area contributed by atoms with Crippen LogP contribution in [0.1, 0.15) is 54.4 Å². The van der Waals surface area contributed by atoms with Gasteiger partial charge in [-0.1, -0.05) is 34.9 Å². The summed E-state index contributed by atoms with van der Waals surface area (Å²) < 4.78 is 0. The molecule has 0 N–H and O–H groups in total. The summed E-state index contributed by atoms with van der Waals surface area (Å²) in [5.41, 5.74) is 4.29. The largest absolute Gasteiger partial charge is 0.297 e. The van der Waals surface area contributed by atoms with Crippen molar-refractivity contribution in [1.29, 1.82) is 0 Å². The molecule has 0 radical (unpaired) electrons. The zero-order valence-corrected chi connectivity index (χ0v) is 13.4. The van der Waals surface area contributed by atoms with Crippen LogP contribution in [0.25, 0.3) is 0 Å². The van der Waals surface area contributed by atoms with Crippen molar-refractivity contribution < 1.29 is 0 Å². The van der Waals surface area contributed by atoms with Gasteiger partial charge in [-0.2, -0.15) is 0 Å². The molecule has 0 aliphatic rings. The molecular formula is C17H31N. The van der Waals surface area contributed by atoms with Crippen molar-refractivity contribution in [3.8, 4) is 0 Å². The van der Waals surface area contributed by atoms with E-state index in [0.717, 1.165) is 13.0 Å². The Morgan fingerprint density at radius 3 is 2.11 bits per heavy atom. The number of nitrogens with zero attached hydrogens (tertiary/aromatic N) is 1. The monoisotopic (exact) mass is 249 g/mol. The van der Waals surface area contributed by atoms with Crippen LogP contribution in [0, 0.1) is 0 Å². The maximum atomic E-state index is 2.37. The van der Waals surface area contributed by atoms with Crippen LogP contribution >= 0.6 is 0 Å². The van der Waals surface area contributed by atoms with Gasteiger partial charge in [0, 0.05) is 12.6 Å². The zero-order valence-electron chi connectivity index (χ0n) is 13.4. The number of allylic oxidation sites excluding steroid dienone is 4. The topological polar surface area (TPSA) is 3.24 Å². The van der Waals surface area contributed by atoms with Gasteiger partial charge < -0.3 is 0 Å². The molecule has 0 spiro atoms. The molecule has 0 fully saturated rings. The van der Waals surface area contributed by atoms with E-state index in [9.17, 15) is 0 Å². The molecule has 18 heavy (non-hydrogen) atoms. The summed E-state index contributed by atoms with van der Waals surface area (Å²) in [5, 5.41) is 0. The van der Waals surface area contributed by atoms with E-state index < -0.39 is 0 Å². The fourth-order valence-corrected chi connectivity index (χ4v) is 1.77. The van der Waals surface area contributed by atoms with Gasteiger partial charge in [0.05, 0.1) is 0 Å². The smallest absolute Gasteiger partial charge is 0.0252 e. The van der Waals surface area contributed by atoms with Gasteiger partial charge in [0.15, 0.2) is 0 Å². The standard InChI is InChI=1S/C17H31N/c1-14(2)9-8-10-16(5)11-12-18(7)17(6)13-15(3)4/h9,11,13,17H,8,10,12H2,1-7H3/b16-11-. The summed E-state index contributed by atoms with van der Waals surface area (Å²) in [6.07, 6.45) is 9.32. The molecule has 1 atom stereocenters. The first-order valence-electron chi connectivity index (χ1n) is 6.97. The van der Waals surface area contributed by atoms with Crippen molar-refractivity contribution in [2.24, 2.45) is 0 Å². The lowest BCUT2D eigenvalue weighted by Crippen LogP contribution is -2.27. The fourth-order valence-electron chi connectivity index (χ4n) is 1.77. The summed E-state index contributed by atoms with van der Waals surface area (Å²) in [4.78, 5) is 2.37. The predicted molar refractivity (Wildman–Crippen MR) is 83.9 cm³/mol. The summed E-state index contributed by atoms with van der Waals surface area (Å²) in [6.45, 7) is 14.2. The molecule has 0 aromatic rings. The first-order valence-corrected chi connectivity index (χ1v) is 6.97. The lowest BCUT2D eigenvalue weighted by atomic mass is 10.1. The van der Waals surface area contributed by atoms with E-state index in [1.165, 1.54) is 23.1 Å². The number of rotatable bonds is 7. The molecule has 0 amide bonds. The van der Waals surface area contributed by atoms with Gasteiger partial charge in [-0.25, -0.2) is 0 Å². The summed E-state index contributed by atoms with van der Waals surface area (Å²) in [5.74, 6) is 0. The zero-order chi connectivity index (χ0) is 14.1. The van der Waals surface area contributed by atoms with Crippen LogP contribution in [-0.2, 0) is 0 Å². The maximum absolute atomic E-state index is 2.37. The van der Waals surface area contributed by atoms with Gasteiger partial charge in [-0.3, -0.25) is 4.90 Å². The highest BCUT2D eigenvalue weighted by Gasteiger charge is 2.03. The minimum Gasteiger partial charge on any atom is -0.297 e. The van der Waals surface area contributed by atoms with Crippen molar-refractivity contribution in [2.75, 3.05) is 13.6 Å². The first kappa shape index (κ1) is 17.2. The average molecular weight is 249 g/mol. The molecule has 0 bridgehead atoms. The third-order valence-electron chi connectivity index (χ3n) is 3.09. The van der Waals surface area contributed by atoms with Crippen LogP contribution in [0.2, 0.25) is 0 Å². The van der Waals surface area contributed by atoms with Crippen LogP contribution in [0.3, 0.4) is 0 Å². The van der Waals surface area contributed by atoms with Gasteiger partial charge in [-0.15, -0.1) is 0 Å². The van der Waals surface area contributed by atoms with E-state index in [1.807, 2.05) is 0 Å². The molecule has 0 saturated carbocycles. The normalized spacial score (nSPS) is 13.4. The van der Waals surface area contributed by atoms with Crippen molar-refractivity contribution in [2.45, 2.75) is 60.4 Å². The Bertz CT molecular complexity index is 313. The van der Waals surface area contributed by atoms with Crippen molar-refractivity contribution >= 4 is 0 Å². The molecule has 1 nitrogen and oxygen atoms in total. The van der Waals surface area contributed by atoms with Crippen LogP contribution in [0.15, 0.2) is 34.9 Å². The van der Waals surface area contributed by atoms with Crippen LogP contribution in [0.5, 0.6) is 0 Å². The maximum Gasteiger partial charge on any atom is 0.0252 e. The second kappa shape index (κ2) is 9.16. The summed E-state index contributed by atoms with van der Waals surface area (Å²) in [6, 6.07) is 0.511. The minimum absolute atomic E-state index is 0.511. The second-order valence-corrected chi connectivity index (χ2v) is 5.79. The quantitative estimate of drug-likeness (QED) is 0.576. The average Bonchev–Trinajstić information content (AvgIpc) is 2.24. The molecule has 1 heteroatoms. The Balaban J connectivity index is 4.12. The third kappa shape index (κ3) is 9.23. The molecule has 0 aromatic carbocycles. The highest BCUT2D eigenvalue weighted by atomic mass is 15.1. The van der Waals surface area contributed by atoms with E-state index in [4.69, 9.17) is 0 Å². The van der Waals surface area contributed by atoms with Gasteiger partial charge in [0.2, 0.25) is 0 Å². The van der Waals surface area contributed by atoms with Crippen molar-refractivity contribution in [3.05, 3.63) is 34.9 Å². The molecule has 0 heterocycles. The van der Waals surface area contributed by atoms with E-state index in [2.05, 4.69) is 71.7 Å². The molecule has 0 aliphatic carbocycles. The highest BCUT2D eigenvalue weighted by molar-refractivity contribution is 5.05. The SMILES string of the molecule is CC(C)=CCC/C(C)=C\CN(C)C(C)C=C(C)C. The first-order chi connectivity index (χ1) is 8.32. The van der Waals surface area contributed by atoms with E-state index in [0.29, 0.717) is 6.04 Å². The third-order valence-corrected chi connectivity index (χ3v) is 3.09. The van der Waals surface area contributed by atoms with E-state index in [-0.39, 0.29) is 0 Å². The summed E-state index contributed by atoms with van der Waals surface area (Å²) >= 11 is 0. The molecule has 104 valence electrons. The van der Waals surface area contributed by atoms with E-state index in [1.54, 1.807) is 0 Å². The van der Waals surface area contributed by atoms with Gasteiger partial charge in [-0.05, 0) is 61.4 Å². The molecule has 0 aromatic heterocycles. The molecule has 0 saturated heterocycles. The molecule has 0 aliphatic heterocycles. The van der Waals surface area contributed by atoms with Crippen LogP contribution in [-0.4, -0.2) is 24.5 Å². The number of hydrogen-bond donors (Lipinski definition) is 0. The minimum atomic E-state index is 0.511. The van der Waals surface area contributed by atoms with Gasteiger partial charge in [0.25, 0.3) is 0 Å². The lowest BCUT2D eigenvalue weighted by Gasteiger charge is -2.21. The second-order valence-electron chi connectivity index (χ2n) is 5.79. The van der Waals surface area contributed by atoms with Crippen molar-refractivity contribution in [3.63, 3.8) is 0 Å². The van der Waals surface area contributed by atoms with Crippen molar-refractivity contribution in [1.82, 2.24) is 4.90 Å². The lowest BCUT2D eigenvalue weighted by molar-refractivity contribution is 0.327. The van der Waals surface area contributed by atoms with Crippen LogP contribution < -0.4 is 0 Å². The molecule has 0 rings (SSSR count). The molecule has 1 unspecified atom stereocenters. The summed E-state index contributed by atoms with van der Waals surface area (Å²) in [7, 11) is 2.18. The molecular weight excluding hydrogens is 218 g/mol. The Kier molecular flexibility index (Phi) is 8.74. The Hall–Kier alpha value is -0.820. The highest BCUT2D eigenvalue weighted by Crippen LogP contribution is 2.08. The van der Waals surface area contributed by atoms with Gasteiger partial charge in [0.1, 0.15) is 0 Å². The number of hydrogen-bond acceptors (Lipinski definition) is 1. The fraction of sp³-hybridized carbons (Fsp3) is 0.647. The predicted octanol–water partition coefficient (Wildman–Crippen LogP) is 4.97. The number of likely N-dealkylation sites (N-methyl/N-ethyl adjacent to an activating group) is 1. The Labute approximate surface area is 114 Å². The Morgan fingerprint density at radius 1 is 1.00 bits per heavy atom.